The van der Waals surface area contributed by atoms with Crippen LogP contribution in [0.15, 0.2) is 48.5 Å². The van der Waals surface area contributed by atoms with Crippen LogP contribution in [-0.2, 0) is 23.8 Å². The third kappa shape index (κ3) is 11.4. The van der Waals surface area contributed by atoms with Crippen molar-refractivity contribution >= 4 is 5.78 Å². The van der Waals surface area contributed by atoms with E-state index in [1.54, 1.807) is 18.2 Å². The second-order valence-electron chi connectivity index (χ2n) is 9.88. The van der Waals surface area contributed by atoms with Gasteiger partial charge in [0.25, 0.3) is 0 Å². The van der Waals surface area contributed by atoms with Crippen molar-refractivity contribution in [1.29, 1.82) is 5.26 Å². The maximum absolute atomic E-state index is 13.2. The zero-order valence-corrected chi connectivity index (χ0v) is 21.6. The number of ketones is 1. The molecule has 0 N–H and O–H groups in total. The number of halogens is 3. The van der Waals surface area contributed by atoms with Gasteiger partial charge in [-0.2, -0.15) is 18.4 Å². The molecule has 1 atom stereocenters. The van der Waals surface area contributed by atoms with Crippen LogP contribution in [0.4, 0.5) is 13.2 Å². The van der Waals surface area contributed by atoms with Gasteiger partial charge in [0, 0.05) is 12.3 Å². The summed E-state index contributed by atoms with van der Waals surface area (Å²) in [5, 5.41) is 9.03. The molecule has 2 nitrogen and oxygen atoms in total. The van der Waals surface area contributed by atoms with E-state index >= 15 is 0 Å². The second kappa shape index (κ2) is 16.2. The topological polar surface area (TPSA) is 40.9 Å². The SMILES string of the molecule is CCCCCCCCCCCCCC(Cc1ccc(C#N)cc1)C(=O)Cc1cccc(C(F)(F)F)c1. The molecule has 196 valence electrons. The van der Waals surface area contributed by atoms with Crippen LogP contribution in [0.5, 0.6) is 0 Å². The first kappa shape index (κ1) is 29.6. The molecule has 2 rings (SSSR count). The number of hydrogen-bond acceptors (Lipinski definition) is 2. The van der Waals surface area contributed by atoms with Gasteiger partial charge in [0.15, 0.2) is 0 Å². The molecule has 0 fully saturated rings. The maximum Gasteiger partial charge on any atom is 0.416 e. The lowest BCUT2D eigenvalue weighted by Gasteiger charge is -2.17. The highest BCUT2D eigenvalue weighted by atomic mass is 19.4. The summed E-state index contributed by atoms with van der Waals surface area (Å²) < 4.78 is 39.3. The van der Waals surface area contributed by atoms with Crippen LogP contribution in [0.3, 0.4) is 0 Å². The quantitative estimate of drug-likeness (QED) is 0.204. The Kier molecular flexibility index (Phi) is 13.3. The minimum absolute atomic E-state index is 0.00287. The van der Waals surface area contributed by atoms with Gasteiger partial charge in [-0.1, -0.05) is 108 Å². The standard InChI is InChI=1S/C31H40F3NO/c1-2-3-4-5-6-7-8-9-10-11-12-15-28(21-25-17-19-26(24-35)20-18-25)30(36)23-27-14-13-16-29(22-27)31(32,33)34/h13-14,16-20,22,28H,2-12,15,21,23H2,1H3. The van der Waals surface area contributed by atoms with E-state index in [2.05, 4.69) is 13.0 Å². The molecule has 0 radical (unpaired) electrons. The molecule has 0 aliphatic carbocycles. The average Bonchev–Trinajstić information content (AvgIpc) is 2.86. The van der Waals surface area contributed by atoms with Crippen molar-refractivity contribution in [2.45, 2.75) is 103 Å². The zero-order chi connectivity index (χ0) is 26.2. The van der Waals surface area contributed by atoms with Crippen molar-refractivity contribution in [3.8, 4) is 6.07 Å². The molecule has 0 bridgehead atoms. The Morgan fingerprint density at radius 2 is 1.42 bits per heavy atom. The number of alkyl halides is 3. The van der Waals surface area contributed by atoms with E-state index in [0.29, 0.717) is 17.5 Å². The van der Waals surface area contributed by atoms with Gasteiger partial charge in [0.2, 0.25) is 0 Å². The average molecular weight is 500 g/mol. The summed E-state index contributed by atoms with van der Waals surface area (Å²) in [6.45, 7) is 2.23. The summed E-state index contributed by atoms with van der Waals surface area (Å²) in [6.07, 6.45) is 10.4. The normalized spacial score (nSPS) is 12.3. The van der Waals surface area contributed by atoms with Gasteiger partial charge < -0.3 is 0 Å². The first-order chi connectivity index (χ1) is 17.3. The molecule has 5 heteroatoms. The van der Waals surface area contributed by atoms with Crippen molar-refractivity contribution in [2.75, 3.05) is 0 Å². The predicted molar refractivity (Wildman–Crippen MR) is 140 cm³/mol. The molecule has 1 unspecified atom stereocenters. The number of Topliss-reactive ketones (excluding diaryl/α,β-unsaturated/α-hetero) is 1. The van der Waals surface area contributed by atoms with Crippen LogP contribution in [0.1, 0.15) is 106 Å². The number of hydrogen-bond donors (Lipinski definition) is 0. The first-order valence-electron chi connectivity index (χ1n) is 13.5. The van der Waals surface area contributed by atoms with E-state index in [1.807, 2.05) is 12.1 Å². The Bertz CT molecular complexity index is 944. The molecule has 0 aromatic heterocycles. The molecule has 0 aliphatic rings. The molecule has 0 amide bonds. The number of unbranched alkanes of at least 4 members (excludes halogenated alkanes) is 10. The fourth-order valence-corrected chi connectivity index (χ4v) is 4.63. The van der Waals surface area contributed by atoms with Gasteiger partial charge in [-0.15, -0.1) is 0 Å². The molecular formula is C31H40F3NO. The Hall–Kier alpha value is -2.61. The van der Waals surface area contributed by atoms with Crippen LogP contribution in [0, 0.1) is 17.2 Å². The van der Waals surface area contributed by atoms with Gasteiger partial charge in [-0.05, 0) is 42.2 Å². The summed E-state index contributed by atoms with van der Waals surface area (Å²) in [7, 11) is 0. The van der Waals surface area contributed by atoms with Crippen molar-refractivity contribution in [1.82, 2.24) is 0 Å². The number of benzene rings is 2. The summed E-state index contributed by atoms with van der Waals surface area (Å²) in [4.78, 5) is 13.2. The highest BCUT2D eigenvalue weighted by Crippen LogP contribution is 2.30. The van der Waals surface area contributed by atoms with Gasteiger partial charge in [0.05, 0.1) is 17.2 Å². The monoisotopic (exact) mass is 499 g/mol. The van der Waals surface area contributed by atoms with E-state index in [4.69, 9.17) is 5.26 Å². The fourth-order valence-electron chi connectivity index (χ4n) is 4.63. The number of nitrogens with zero attached hydrogens (tertiary/aromatic N) is 1. The molecule has 0 heterocycles. The Labute approximate surface area is 214 Å². The number of carbonyl (C=O) groups is 1. The van der Waals surface area contributed by atoms with Crippen LogP contribution in [-0.4, -0.2) is 5.78 Å². The van der Waals surface area contributed by atoms with Crippen molar-refractivity contribution in [3.05, 3.63) is 70.8 Å². The minimum Gasteiger partial charge on any atom is -0.299 e. The first-order valence-corrected chi connectivity index (χ1v) is 13.5. The summed E-state index contributed by atoms with van der Waals surface area (Å²) in [5.41, 5.74) is 1.22. The smallest absolute Gasteiger partial charge is 0.299 e. The van der Waals surface area contributed by atoms with E-state index in [-0.39, 0.29) is 18.1 Å². The van der Waals surface area contributed by atoms with Crippen LogP contribution < -0.4 is 0 Å². The van der Waals surface area contributed by atoms with Gasteiger partial charge in [-0.3, -0.25) is 4.79 Å². The molecule has 0 saturated heterocycles. The lowest BCUT2D eigenvalue weighted by atomic mass is 9.87. The molecular weight excluding hydrogens is 459 g/mol. The van der Waals surface area contributed by atoms with Crippen molar-refractivity contribution in [3.63, 3.8) is 0 Å². The predicted octanol–water partition coefficient (Wildman–Crippen LogP) is 9.25. The van der Waals surface area contributed by atoms with Crippen LogP contribution in [0.25, 0.3) is 0 Å². The summed E-state index contributed by atoms with van der Waals surface area (Å²) in [6, 6.07) is 14.4. The highest BCUT2D eigenvalue weighted by molar-refractivity contribution is 5.83. The molecule has 0 spiro atoms. The van der Waals surface area contributed by atoms with E-state index in [1.165, 1.54) is 57.4 Å². The Balaban J connectivity index is 1.88. The lowest BCUT2D eigenvalue weighted by Crippen LogP contribution is -2.20. The molecule has 0 saturated carbocycles. The van der Waals surface area contributed by atoms with E-state index < -0.39 is 11.7 Å². The van der Waals surface area contributed by atoms with E-state index in [0.717, 1.165) is 43.4 Å². The van der Waals surface area contributed by atoms with Crippen molar-refractivity contribution < 1.29 is 18.0 Å². The summed E-state index contributed by atoms with van der Waals surface area (Å²) in [5.74, 6) is -0.267. The highest BCUT2D eigenvalue weighted by Gasteiger charge is 2.30. The Morgan fingerprint density at radius 3 is 1.97 bits per heavy atom. The van der Waals surface area contributed by atoms with Gasteiger partial charge >= 0.3 is 6.18 Å². The number of carbonyl (C=O) groups excluding carboxylic acids is 1. The van der Waals surface area contributed by atoms with Crippen LogP contribution >= 0.6 is 0 Å². The largest absolute Gasteiger partial charge is 0.416 e. The third-order valence-corrected chi connectivity index (χ3v) is 6.81. The van der Waals surface area contributed by atoms with Gasteiger partial charge in [-0.25, -0.2) is 0 Å². The second-order valence-corrected chi connectivity index (χ2v) is 9.88. The maximum atomic E-state index is 13.2. The lowest BCUT2D eigenvalue weighted by molar-refractivity contribution is -0.137. The van der Waals surface area contributed by atoms with Gasteiger partial charge in [0.1, 0.15) is 5.78 Å². The van der Waals surface area contributed by atoms with Crippen LogP contribution in [0.2, 0.25) is 0 Å². The number of nitriles is 1. The zero-order valence-electron chi connectivity index (χ0n) is 21.6. The molecule has 0 aliphatic heterocycles. The molecule has 2 aromatic rings. The molecule has 36 heavy (non-hydrogen) atoms. The van der Waals surface area contributed by atoms with Crippen molar-refractivity contribution in [2.24, 2.45) is 5.92 Å². The fraction of sp³-hybridized carbons (Fsp3) is 0.548. The minimum atomic E-state index is -4.42. The Morgan fingerprint density at radius 1 is 0.833 bits per heavy atom. The summed E-state index contributed by atoms with van der Waals surface area (Å²) >= 11 is 0. The molecule has 2 aromatic carbocycles. The third-order valence-electron chi connectivity index (χ3n) is 6.81. The number of rotatable bonds is 17. The van der Waals surface area contributed by atoms with E-state index in [9.17, 15) is 18.0 Å².